The molecular weight excluding hydrogens is 385 g/mol. The Morgan fingerprint density at radius 1 is 0.967 bits per heavy atom. The molecule has 0 aliphatic carbocycles. The summed E-state index contributed by atoms with van der Waals surface area (Å²) in [6.07, 6.45) is 5.92. The summed E-state index contributed by atoms with van der Waals surface area (Å²) in [5.41, 5.74) is 2.41. The molecule has 0 amide bonds. The lowest BCUT2D eigenvalue weighted by atomic mass is 10.2. The van der Waals surface area contributed by atoms with Crippen molar-refractivity contribution in [2.45, 2.75) is 32.6 Å². The van der Waals surface area contributed by atoms with E-state index >= 15 is 0 Å². The molecule has 0 spiro atoms. The highest BCUT2D eigenvalue weighted by Gasteiger charge is 2.11. The van der Waals surface area contributed by atoms with Crippen LogP contribution in [0.4, 0.5) is 4.39 Å². The molecule has 0 N–H and O–H groups in total. The molecule has 2 aromatic heterocycles. The molecular formula is C23H24FN3O3. The minimum atomic E-state index is -0.336. The van der Waals surface area contributed by atoms with E-state index < -0.39 is 0 Å². The second-order valence-electron chi connectivity index (χ2n) is 7.36. The molecule has 7 heteroatoms. The van der Waals surface area contributed by atoms with Gasteiger partial charge in [-0.25, -0.2) is 4.39 Å². The molecule has 1 aliphatic rings. The molecule has 30 heavy (non-hydrogen) atoms. The van der Waals surface area contributed by atoms with Crippen molar-refractivity contribution in [3.63, 3.8) is 0 Å². The van der Waals surface area contributed by atoms with Crippen LogP contribution in [0.3, 0.4) is 0 Å². The van der Waals surface area contributed by atoms with Crippen molar-refractivity contribution >= 4 is 0 Å². The minimum absolute atomic E-state index is 0.194. The Morgan fingerprint density at radius 2 is 1.73 bits per heavy atom. The molecule has 1 saturated heterocycles. The summed E-state index contributed by atoms with van der Waals surface area (Å²) in [6, 6.07) is 13.0. The lowest BCUT2D eigenvalue weighted by Gasteiger charge is -2.14. The van der Waals surface area contributed by atoms with Crippen LogP contribution in [-0.2, 0) is 19.8 Å². The van der Waals surface area contributed by atoms with Crippen molar-refractivity contribution < 1.29 is 14.0 Å². The Balaban J connectivity index is 1.29. The van der Waals surface area contributed by atoms with Crippen molar-refractivity contribution in [3.8, 4) is 5.75 Å². The van der Waals surface area contributed by atoms with Crippen LogP contribution in [-0.4, -0.2) is 27.7 Å². The second kappa shape index (κ2) is 9.54. The zero-order valence-corrected chi connectivity index (χ0v) is 16.7. The lowest BCUT2D eigenvalue weighted by molar-refractivity contribution is 0.0862. The number of pyridine rings is 2. The second-order valence-corrected chi connectivity index (χ2v) is 7.36. The highest BCUT2D eigenvalue weighted by atomic mass is 19.1. The van der Waals surface area contributed by atoms with Crippen LogP contribution in [0.2, 0.25) is 0 Å². The first-order chi connectivity index (χ1) is 14.7. The van der Waals surface area contributed by atoms with Gasteiger partial charge in [0, 0.05) is 24.9 Å². The highest BCUT2D eigenvalue weighted by Crippen LogP contribution is 2.13. The normalized spacial score (nSPS) is 14.0. The van der Waals surface area contributed by atoms with Gasteiger partial charge >= 0.3 is 0 Å². The van der Waals surface area contributed by atoms with Crippen molar-refractivity contribution in [1.82, 2.24) is 14.6 Å². The summed E-state index contributed by atoms with van der Waals surface area (Å²) in [6.45, 7) is 3.67. The quantitative estimate of drug-likeness (QED) is 0.572. The predicted molar refractivity (Wildman–Crippen MR) is 110 cm³/mol. The molecule has 1 aliphatic heterocycles. The first-order valence-electron chi connectivity index (χ1n) is 10.1. The molecule has 0 saturated carbocycles. The van der Waals surface area contributed by atoms with Crippen molar-refractivity contribution in [2.24, 2.45) is 0 Å². The molecule has 0 bridgehead atoms. The van der Waals surface area contributed by atoms with Crippen LogP contribution in [0, 0.1) is 5.82 Å². The molecule has 156 valence electrons. The summed E-state index contributed by atoms with van der Waals surface area (Å²) in [5.74, 6) is 0.128. The fourth-order valence-electron chi connectivity index (χ4n) is 3.36. The topological polar surface area (TPSA) is 56.6 Å². The summed E-state index contributed by atoms with van der Waals surface area (Å²) < 4.78 is 19.7. The number of rotatable bonds is 8. The zero-order valence-electron chi connectivity index (χ0n) is 16.7. The smallest absolute Gasteiger partial charge is 0.286 e. The number of benzene rings is 1. The van der Waals surface area contributed by atoms with Gasteiger partial charge in [-0.2, -0.15) is 4.73 Å². The van der Waals surface area contributed by atoms with Crippen LogP contribution in [0.25, 0.3) is 0 Å². The van der Waals surface area contributed by atoms with Gasteiger partial charge in [0.15, 0.2) is 6.61 Å². The van der Waals surface area contributed by atoms with E-state index in [1.165, 1.54) is 42.8 Å². The molecule has 0 atom stereocenters. The van der Waals surface area contributed by atoms with Gasteiger partial charge in [0.2, 0.25) is 0 Å². The molecule has 1 fully saturated rings. The molecule has 3 heterocycles. The highest BCUT2D eigenvalue weighted by molar-refractivity contribution is 5.20. The van der Waals surface area contributed by atoms with E-state index in [1.54, 1.807) is 18.2 Å². The Labute approximate surface area is 174 Å². The van der Waals surface area contributed by atoms with Crippen LogP contribution in [0.15, 0.2) is 65.7 Å². The average molecular weight is 409 g/mol. The largest absolute Gasteiger partial charge is 0.489 e. The minimum Gasteiger partial charge on any atom is -0.489 e. The molecule has 1 aromatic carbocycles. The van der Waals surface area contributed by atoms with Gasteiger partial charge in [0.1, 0.15) is 18.2 Å². The Morgan fingerprint density at radius 3 is 2.43 bits per heavy atom. The number of nitrogens with zero attached hydrogens (tertiary/aromatic N) is 3. The zero-order chi connectivity index (χ0) is 20.8. The van der Waals surface area contributed by atoms with Crippen LogP contribution >= 0.6 is 0 Å². The molecule has 6 nitrogen and oxygen atoms in total. The van der Waals surface area contributed by atoms with Crippen molar-refractivity contribution in [3.05, 3.63) is 93.9 Å². The fraction of sp³-hybridized carbons (Fsp3) is 0.304. The summed E-state index contributed by atoms with van der Waals surface area (Å²) in [7, 11) is 0. The third kappa shape index (κ3) is 5.45. The van der Waals surface area contributed by atoms with Gasteiger partial charge in [-0.05, 0) is 55.3 Å². The Bertz CT molecular complexity index is 1010. The number of likely N-dealkylation sites (tertiary alicyclic amines) is 1. The van der Waals surface area contributed by atoms with E-state index in [1.807, 2.05) is 12.3 Å². The van der Waals surface area contributed by atoms with Gasteiger partial charge in [-0.15, -0.1) is 0 Å². The van der Waals surface area contributed by atoms with Gasteiger partial charge in [-0.3, -0.25) is 14.7 Å². The van der Waals surface area contributed by atoms with Crippen LogP contribution < -0.4 is 15.1 Å². The third-order valence-electron chi connectivity index (χ3n) is 5.02. The maximum atomic E-state index is 12.9. The van der Waals surface area contributed by atoms with E-state index in [2.05, 4.69) is 16.0 Å². The monoisotopic (exact) mass is 409 g/mol. The molecule has 3 aromatic rings. The van der Waals surface area contributed by atoms with E-state index in [-0.39, 0.29) is 24.6 Å². The average Bonchev–Trinajstić information content (AvgIpc) is 3.27. The summed E-state index contributed by atoms with van der Waals surface area (Å²) in [5, 5.41) is 0. The number of hydrogen-bond donors (Lipinski definition) is 0. The SMILES string of the molecule is O=c1cc(OCc2ccc(F)cc2)ccn1OCc1ccc(CN2CCCC2)cn1. The van der Waals surface area contributed by atoms with Crippen molar-refractivity contribution in [1.29, 1.82) is 0 Å². The third-order valence-corrected chi connectivity index (χ3v) is 5.02. The van der Waals surface area contributed by atoms with E-state index in [9.17, 15) is 9.18 Å². The van der Waals surface area contributed by atoms with E-state index in [0.29, 0.717) is 5.75 Å². The Kier molecular flexibility index (Phi) is 6.39. The van der Waals surface area contributed by atoms with Gasteiger partial charge in [0.05, 0.1) is 11.9 Å². The number of halogens is 1. The fourth-order valence-corrected chi connectivity index (χ4v) is 3.36. The summed E-state index contributed by atoms with van der Waals surface area (Å²) >= 11 is 0. The molecule has 0 unspecified atom stereocenters. The maximum Gasteiger partial charge on any atom is 0.286 e. The molecule has 0 radical (unpaired) electrons. The Hall–Kier alpha value is -3.19. The number of hydrogen-bond acceptors (Lipinski definition) is 5. The summed E-state index contributed by atoms with van der Waals surface area (Å²) in [4.78, 5) is 24.7. The van der Waals surface area contributed by atoms with Gasteiger partial charge in [0.25, 0.3) is 5.56 Å². The first kappa shape index (κ1) is 20.1. The number of aromatic nitrogens is 2. The first-order valence-corrected chi connectivity index (χ1v) is 10.1. The predicted octanol–water partition coefficient (Wildman–Crippen LogP) is 3.19. The number of ether oxygens (including phenoxy) is 1. The van der Waals surface area contributed by atoms with E-state index in [0.717, 1.165) is 35.6 Å². The van der Waals surface area contributed by atoms with E-state index in [4.69, 9.17) is 9.57 Å². The van der Waals surface area contributed by atoms with Crippen LogP contribution in [0.5, 0.6) is 5.75 Å². The standard InChI is InChI=1S/C23H24FN3O3/c24-20-6-3-18(4-7-20)16-29-22-9-12-27(23(28)13-22)30-17-21-8-5-19(14-25-21)15-26-10-1-2-11-26/h3-9,12-14H,1-2,10-11,15-17H2. The molecule has 4 rings (SSSR count). The van der Waals surface area contributed by atoms with Crippen molar-refractivity contribution in [2.75, 3.05) is 13.1 Å². The maximum absolute atomic E-state index is 12.9. The lowest BCUT2D eigenvalue weighted by Crippen LogP contribution is -2.25. The van der Waals surface area contributed by atoms with Gasteiger partial charge in [-0.1, -0.05) is 18.2 Å². The van der Waals surface area contributed by atoms with Crippen LogP contribution in [0.1, 0.15) is 29.7 Å². The van der Waals surface area contributed by atoms with Gasteiger partial charge < -0.3 is 9.57 Å².